The Bertz CT molecular complexity index is 520. The molecule has 2 rings (SSSR count). The highest BCUT2D eigenvalue weighted by molar-refractivity contribution is 7.89. The summed E-state index contributed by atoms with van der Waals surface area (Å²) in [6, 6.07) is 5.51. The topological polar surface area (TPSA) is 58.2 Å². The molecule has 1 heterocycles. The van der Waals surface area contributed by atoms with Crippen LogP contribution in [-0.4, -0.2) is 27.5 Å². The predicted octanol–water partition coefficient (Wildman–Crippen LogP) is 1.33. The second-order valence-electron chi connectivity index (χ2n) is 4.93. The molecule has 1 saturated heterocycles. The minimum atomic E-state index is -3.40. The molecule has 1 aliphatic rings. The second kappa shape index (κ2) is 5.38. The van der Waals surface area contributed by atoms with Crippen LogP contribution in [0.4, 0.5) is 0 Å². The fourth-order valence-corrected chi connectivity index (χ4v) is 3.83. The largest absolute Gasteiger partial charge is 0.315 e. The molecule has 0 amide bonds. The predicted molar refractivity (Wildman–Crippen MR) is 72.1 cm³/mol. The third-order valence-electron chi connectivity index (χ3n) is 3.25. The van der Waals surface area contributed by atoms with Crippen LogP contribution in [0.25, 0.3) is 0 Å². The van der Waals surface area contributed by atoms with E-state index in [0.717, 1.165) is 30.5 Å². The highest BCUT2D eigenvalue weighted by Gasteiger charge is 2.22. The van der Waals surface area contributed by atoms with Crippen molar-refractivity contribution >= 4 is 10.0 Å². The Morgan fingerprint density at radius 3 is 2.78 bits per heavy atom. The highest BCUT2D eigenvalue weighted by atomic mass is 32.2. The van der Waals surface area contributed by atoms with Crippen LogP contribution < -0.4 is 10.0 Å². The fourth-order valence-electron chi connectivity index (χ4n) is 2.23. The summed E-state index contributed by atoms with van der Waals surface area (Å²) in [5.74, 6) is 0. The van der Waals surface area contributed by atoms with Crippen LogP contribution >= 0.6 is 0 Å². The van der Waals surface area contributed by atoms with E-state index in [2.05, 4.69) is 10.0 Å². The molecule has 5 heteroatoms. The normalized spacial score (nSPS) is 20.9. The van der Waals surface area contributed by atoms with Gasteiger partial charge in [0.05, 0.1) is 4.90 Å². The van der Waals surface area contributed by atoms with Gasteiger partial charge in [0, 0.05) is 12.6 Å². The van der Waals surface area contributed by atoms with Crippen LogP contribution in [0.15, 0.2) is 23.1 Å². The van der Waals surface area contributed by atoms with E-state index in [0.29, 0.717) is 11.4 Å². The minimum Gasteiger partial charge on any atom is -0.315 e. The molecule has 2 N–H and O–H groups in total. The molecule has 1 aromatic carbocycles. The maximum absolute atomic E-state index is 12.3. The summed E-state index contributed by atoms with van der Waals surface area (Å²) in [7, 11) is -3.40. The van der Waals surface area contributed by atoms with Gasteiger partial charge in [0.25, 0.3) is 0 Å². The molecule has 100 valence electrons. The van der Waals surface area contributed by atoms with Gasteiger partial charge >= 0.3 is 0 Å². The van der Waals surface area contributed by atoms with Gasteiger partial charge in [0.1, 0.15) is 0 Å². The Morgan fingerprint density at radius 1 is 1.33 bits per heavy atom. The van der Waals surface area contributed by atoms with Crippen LogP contribution in [0.3, 0.4) is 0 Å². The number of rotatable bonds is 3. The molecule has 0 aliphatic carbocycles. The molecule has 1 fully saturated rings. The Kier molecular flexibility index (Phi) is 4.04. The molecule has 1 aromatic rings. The quantitative estimate of drug-likeness (QED) is 0.869. The Hall–Kier alpha value is -0.910. The summed E-state index contributed by atoms with van der Waals surface area (Å²) >= 11 is 0. The lowest BCUT2D eigenvalue weighted by atomic mass is 10.1. The Balaban J connectivity index is 2.21. The number of sulfonamides is 1. The van der Waals surface area contributed by atoms with Gasteiger partial charge in [-0.1, -0.05) is 12.1 Å². The van der Waals surface area contributed by atoms with Crippen molar-refractivity contribution in [1.29, 1.82) is 0 Å². The number of hydrogen-bond donors (Lipinski definition) is 2. The summed E-state index contributed by atoms with van der Waals surface area (Å²) in [4.78, 5) is 0.396. The van der Waals surface area contributed by atoms with E-state index in [1.807, 2.05) is 26.0 Å². The van der Waals surface area contributed by atoms with Crippen molar-refractivity contribution in [2.24, 2.45) is 0 Å². The first kappa shape index (κ1) is 13.5. The molecule has 0 spiro atoms. The monoisotopic (exact) mass is 268 g/mol. The van der Waals surface area contributed by atoms with Crippen molar-refractivity contribution in [3.63, 3.8) is 0 Å². The van der Waals surface area contributed by atoms with E-state index in [1.54, 1.807) is 6.07 Å². The number of benzene rings is 1. The summed E-state index contributed by atoms with van der Waals surface area (Å²) < 4.78 is 27.5. The number of nitrogens with one attached hydrogen (secondary N) is 2. The third-order valence-corrected chi connectivity index (χ3v) is 4.91. The van der Waals surface area contributed by atoms with Crippen molar-refractivity contribution in [3.05, 3.63) is 29.3 Å². The van der Waals surface area contributed by atoms with Crippen molar-refractivity contribution in [3.8, 4) is 0 Å². The van der Waals surface area contributed by atoms with Crippen molar-refractivity contribution < 1.29 is 8.42 Å². The zero-order valence-corrected chi connectivity index (χ0v) is 11.7. The summed E-state index contributed by atoms with van der Waals surface area (Å²) in [6.07, 6.45) is 1.91. The first-order chi connectivity index (χ1) is 8.49. The van der Waals surface area contributed by atoms with Gasteiger partial charge in [-0.05, 0) is 50.4 Å². The Labute approximate surface area is 109 Å². The van der Waals surface area contributed by atoms with Crippen molar-refractivity contribution in [1.82, 2.24) is 10.0 Å². The zero-order chi connectivity index (χ0) is 13.2. The number of piperidine rings is 1. The summed E-state index contributed by atoms with van der Waals surface area (Å²) in [5, 5.41) is 3.21. The van der Waals surface area contributed by atoms with Gasteiger partial charge in [0.15, 0.2) is 0 Å². The van der Waals surface area contributed by atoms with E-state index < -0.39 is 10.0 Å². The maximum Gasteiger partial charge on any atom is 0.241 e. The molecule has 1 atom stereocenters. The van der Waals surface area contributed by atoms with Gasteiger partial charge in [-0.25, -0.2) is 13.1 Å². The first-order valence-corrected chi connectivity index (χ1v) is 7.78. The van der Waals surface area contributed by atoms with Crippen LogP contribution in [0.1, 0.15) is 24.0 Å². The molecular weight excluding hydrogens is 248 g/mol. The van der Waals surface area contributed by atoms with Gasteiger partial charge in [0.2, 0.25) is 10.0 Å². The molecule has 4 nitrogen and oxygen atoms in total. The van der Waals surface area contributed by atoms with E-state index >= 15 is 0 Å². The molecule has 0 radical (unpaired) electrons. The molecule has 18 heavy (non-hydrogen) atoms. The Morgan fingerprint density at radius 2 is 2.11 bits per heavy atom. The molecule has 1 aliphatic heterocycles. The zero-order valence-electron chi connectivity index (χ0n) is 10.9. The van der Waals surface area contributed by atoms with Crippen LogP contribution in [-0.2, 0) is 10.0 Å². The minimum absolute atomic E-state index is 0.00339. The van der Waals surface area contributed by atoms with Gasteiger partial charge in [-0.15, -0.1) is 0 Å². The third kappa shape index (κ3) is 3.10. The molecule has 1 unspecified atom stereocenters. The molecular formula is C13H20N2O2S. The lowest BCUT2D eigenvalue weighted by molar-refractivity contribution is 0.428. The van der Waals surface area contributed by atoms with E-state index in [1.165, 1.54) is 0 Å². The van der Waals surface area contributed by atoms with E-state index in [9.17, 15) is 8.42 Å². The molecule has 0 aromatic heterocycles. The van der Waals surface area contributed by atoms with Gasteiger partial charge < -0.3 is 5.32 Å². The molecule has 0 bridgehead atoms. The lowest BCUT2D eigenvalue weighted by Gasteiger charge is -2.24. The standard InChI is InChI=1S/C13H20N2O2S/c1-10-5-6-11(2)13(8-10)18(16,17)15-12-4-3-7-14-9-12/h5-6,8,12,14-15H,3-4,7,9H2,1-2H3. The van der Waals surface area contributed by atoms with Gasteiger partial charge in [-0.2, -0.15) is 0 Å². The van der Waals surface area contributed by atoms with Crippen molar-refractivity contribution in [2.75, 3.05) is 13.1 Å². The first-order valence-electron chi connectivity index (χ1n) is 6.29. The van der Waals surface area contributed by atoms with Crippen molar-refractivity contribution in [2.45, 2.75) is 37.6 Å². The van der Waals surface area contributed by atoms with Crippen LogP contribution in [0.2, 0.25) is 0 Å². The number of hydrogen-bond acceptors (Lipinski definition) is 3. The van der Waals surface area contributed by atoms with Crippen LogP contribution in [0, 0.1) is 13.8 Å². The smallest absolute Gasteiger partial charge is 0.241 e. The average molecular weight is 268 g/mol. The van der Waals surface area contributed by atoms with Gasteiger partial charge in [-0.3, -0.25) is 0 Å². The maximum atomic E-state index is 12.3. The van der Waals surface area contributed by atoms with Crippen LogP contribution in [0.5, 0.6) is 0 Å². The average Bonchev–Trinajstić information content (AvgIpc) is 2.33. The SMILES string of the molecule is Cc1ccc(C)c(S(=O)(=O)NC2CCCNC2)c1. The summed E-state index contributed by atoms with van der Waals surface area (Å²) in [5.41, 5.74) is 1.75. The number of aryl methyl sites for hydroxylation is 2. The highest BCUT2D eigenvalue weighted by Crippen LogP contribution is 2.17. The summed E-state index contributed by atoms with van der Waals surface area (Å²) in [6.45, 7) is 5.42. The second-order valence-corrected chi connectivity index (χ2v) is 6.62. The molecule has 0 saturated carbocycles. The lowest BCUT2D eigenvalue weighted by Crippen LogP contribution is -2.45. The fraction of sp³-hybridized carbons (Fsp3) is 0.538. The van der Waals surface area contributed by atoms with E-state index in [-0.39, 0.29) is 6.04 Å². The van der Waals surface area contributed by atoms with E-state index in [4.69, 9.17) is 0 Å².